The Bertz CT molecular complexity index is 777. The molecule has 6 heteroatoms. The van der Waals surface area contributed by atoms with Crippen LogP contribution in [0.3, 0.4) is 0 Å². The van der Waals surface area contributed by atoms with Crippen molar-refractivity contribution in [3.8, 4) is 5.82 Å². The van der Waals surface area contributed by atoms with Gasteiger partial charge in [0.05, 0.1) is 11.0 Å². The van der Waals surface area contributed by atoms with Crippen molar-refractivity contribution in [1.29, 1.82) is 0 Å². The monoisotopic (exact) mass is 262 g/mol. The fourth-order valence-electron chi connectivity index (χ4n) is 1.96. The largest absolute Gasteiger partial charge is 0.330 e. The number of aromatic amines is 1. The molecule has 0 atom stereocenters. The van der Waals surface area contributed by atoms with E-state index in [0.717, 1.165) is 17.0 Å². The molecule has 0 unspecified atom stereocenters. The van der Waals surface area contributed by atoms with Gasteiger partial charge in [0.15, 0.2) is 10.6 Å². The molecule has 2 heterocycles. The lowest BCUT2D eigenvalue weighted by Crippen LogP contribution is -1.97. The maximum absolute atomic E-state index is 13.2. The highest BCUT2D eigenvalue weighted by Gasteiger charge is 2.10. The molecule has 0 aliphatic rings. The van der Waals surface area contributed by atoms with E-state index in [1.807, 2.05) is 20.0 Å². The van der Waals surface area contributed by atoms with E-state index in [4.69, 9.17) is 12.2 Å². The molecule has 0 fully saturated rings. The van der Waals surface area contributed by atoms with Crippen molar-refractivity contribution in [1.82, 2.24) is 19.3 Å². The van der Waals surface area contributed by atoms with Crippen LogP contribution in [-0.4, -0.2) is 19.3 Å². The summed E-state index contributed by atoms with van der Waals surface area (Å²) >= 11 is 5.27. The van der Waals surface area contributed by atoms with Crippen LogP contribution in [0.15, 0.2) is 24.3 Å². The van der Waals surface area contributed by atoms with Crippen LogP contribution in [0, 0.1) is 17.5 Å². The molecule has 0 radical (unpaired) electrons. The third-order valence-corrected chi connectivity index (χ3v) is 3.26. The van der Waals surface area contributed by atoms with Gasteiger partial charge in [0.2, 0.25) is 0 Å². The highest BCUT2D eigenvalue weighted by Crippen LogP contribution is 2.20. The molecule has 18 heavy (non-hydrogen) atoms. The number of hydrogen-bond acceptors (Lipinski definition) is 2. The van der Waals surface area contributed by atoms with E-state index < -0.39 is 0 Å². The minimum absolute atomic E-state index is 0.289. The SMILES string of the molecule is Cc1cc(-n2c(=S)[nH]c3cc(F)ccc32)nn1C. The Morgan fingerprint density at radius 1 is 1.33 bits per heavy atom. The number of fused-ring (bicyclic) bond motifs is 1. The number of hydrogen-bond donors (Lipinski definition) is 1. The number of nitrogens with one attached hydrogen (secondary N) is 1. The van der Waals surface area contributed by atoms with Crippen molar-refractivity contribution < 1.29 is 4.39 Å². The summed E-state index contributed by atoms with van der Waals surface area (Å²) < 4.78 is 17.3. The molecule has 2 aromatic heterocycles. The van der Waals surface area contributed by atoms with Gasteiger partial charge < -0.3 is 4.98 Å². The van der Waals surface area contributed by atoms with Crippen molar-refractivity contribution in [2.45, 2.75) is 6.92 Å². The molecule has 92 valence electrons. The average Bonchev–Trinajstić information content (AvgIpc) is 2.78. The molecular weight excluding hydrogens is 251 g/mol. The van der Waals surface area contributed by atoms with E-state index in [-0.39, 0.29) is 5.82 Å². The van der Waals surface area contributed by atoms with Crippen molar-refractivity contribution in [2.24, 2.45) is 7.05 Å². The first-order chi connectivity index (χ1) is 8.56. The van der Waals surface area contributed by atoms with Gasteiger partial charge in [-0.15, -0.1) is 0 Å². The Morgan fingerprint density at radius 3 is 2.78 bits per heavy atom. The Balaban J connectivity index is 2.35. The average molecular weight is 262 g/mol. The Hall–Kier alpha value is -1.95. The fraction of sp³-hybridized carbons (Fsp3) is 0.167. The zero-order chi connectivity index (χ0) is 12.9. The van der Waals surface area contributed by atoms with Crippen molar-refractivity contribution in [3.05, 3.63) is 40.5 Å². The molecule has 0 spiro atoms. The second-order valence-corrected chi connectivity index (χ2v) is 4.58. The quantitative estimate of drug-likeness (QED) is 0.685. The van der Waals surface area contributed by atoms with Crippen molar-refractivity contribution in [2.75, 3.05) is 0 Å². The van der Waals surface area contributed by atoms with E-state index in [1.165, 1.54) is 12.1 Å². The summed E-state index contributed by atoms with van der Waals surface area (Å²) in [6.07, 6.45) is 0. The van der Waals surface area contributed by atoms with Gasteiger partial charge in [0, 0.05) is 18.8 Å². The van der Waals surface area contributed by atoms with Crippen LogP contribution in [0.25, 0.3) is 16.9 Å². The second-order valence-electron chi connectivity index (χ2n) is 4.19. The molecule has 3 rings (SSSR count). The van der Waals surface area contributed by atoms with Crippen LogP contribution in [0.1, 0.15) is 5.69 Å². The standard InChI is InChI=1S/C12H11FN4S/c1-7-5-11(15-16(7)2)17-10-4-3-8(13)6-9(10)14-12(17)18/h3-6H,1-2H3,(H,14,18). The number of benzene rings is 1. The van der Waals surface area contributed by atoms with Gasteiger partial charge >= 0.3 is 0 Å². The third-order valence-electron chi connectivity index (χ3n) is 2.97. The first-order valence-electron chi connectivity index (χ1n) is 5.47. The van der Waals surface area contributed by atoms with Gasteiger partial charge in [0.25, 0.3) is 0 Å². The van der Waals surface area contributed by atoms with E-state index >= 15 is 0 Å². The van der Waals surface area contributed by atoms with Crippen LogP contribution in [0.5, 0.6) is 0 Å². The second kappa shape index (κ2) is 3.78. The molecule has 0 saturated carbocycles. The van der Waals surface area contributed by atoms with Gasteiger partial charge in [-0.3, -0.25) is 9.25 Å². The molecule has 0 saturated heterocycles. The maximum atomic E-state index is 13.2. The lowest BCUT2D eigenvalue weighted by molar-refractivity contribution is 0.629. The summed E-state index contributed by atoms with van der Waals surface area (Å²) in [5, 5.41) is 4.39. The lowest BCUT2D eigenvalue weighted by Gasteiger charge is -1.99. The third kappa shape index (κ3) is 1.57. The summed E-state index contributed by atoms with van der Waals surface area (Å²) in [5.74, 6) is 0.445. The summed E-state index contributed by atoms with van der Waals surface area (Å²) in [7, 11) is 1.87. The first-order valence-corrected chi connectivity index (χ1v) is 5.88. The Labute approximate surface area is 108 Å². The highest BCUT2D eigenvalue weighted by molar-refractivity contribution is 7.71. The molecule has 1 aromatic carbocycles. The molecule has 3 aromatic rings. The van der Waals surface area contributed by atoms with Crippen LogP contribution in [0.2, 0.25) is 0 Å². The molecule has 4 nitrogen and oxygen atoms in total. The van der Waals surface area contributed by atoms with E-state index in [1.54, 1.807) is 15.3 Å². The zero-order valence-electron chi connectivity index (χ0n) is 9.94. The number of aromatic nitrogens is 4. The Kier molecular flexibility index (Phi) is 2.34. The number of imidazole rings is 1. The first kappa shape index (κ1) is 11.2. The topological polar surface area (TPSA) is 38.5 Å². The predicted octanol–water partition coefficient (Wildman–Crippen LogP) is 2.87. The van der Waals surface area contributed by atoms with E-state index in [2.05, 4.69) is 10.1 Å². The smallest absolute Gasteiger partial charge is 0.184 e. The summed E-state index contributed by atoms with van der Waals surface area (Å²) in [6.45, 7) is 1.97. The minimum atomic E-state index is -0.289. The van der Waals surface area contributed by atoms with E-state index in [0.29, 0.717) is 10.3 Å². The molecule has 0 aliphatic heterocycles. The van der Waals surface area contributed by atoms with Crippen molar-refractivity contribution >= 4 is 23.3 Å². The fourth-order valence-corrected chi connectivity index (χ4v) is 2.26. The van der Waals surface area contributed by atoms with Gasteiger partial charge in [-0.25, -0.2) is 4.39 Å². The van der Waals surface area contributed by atoms with Gasteiger partial charge in [-0.1, -0.05) is 0 Å². The molecule has 0 bridgehead atoms. The number of nitrogens with zero attached hydrogens (tertiary/aromatic N) is 3. The molecular formula is C12H11FN4S. The lowest BCUT2D eigenvalue weighted by atomic mass is 10.3. The van der Waals surface area contributed by atoms with Crippen LogP contribution in [-0.2, 0) is 7.05 Å². The molecule has 0 amide bonds. The molecule has 1 N–H and O–H groups in total. The normalized spacial score (nSPS) is 11.3. The Morgan fingerprint density at radius 2 is 2.11 bits per heavy atom. The van der Waals surface area contributed by atoms with Gasteiger partial charge in [-0.2, -0.15) is 5.10 Å². The van der Waals surface area contributed by atoms with Crippen molar-refractivity contribution in [3.63, 3.8) is 0 Å². The highest BCUT2D eigenvalue weighted by atomic mass is 32.1. The zero-order valence-corrected chi connectivity index (χ0v) is 10.8. The number of halogens is 1. The van der Waals surface area contributed by atoms with E-state index in [9.17, 15) is 4.39 Å². The van der Waals surface area contributed by atoms with Crippen LogP contribution in [0.4, 0.5) is 4.39 Å². The number of aryl methyl sites for hydroxylation is 2. The summed E-state index contributed by atoms with van der Waals surface area (Å²) in [4.78, 5) is 2.98. The molecule has 0 aliphatic carbocycles. The minimum Gasteiger partial charge on any atom is -0.330 e. The summed E-state index contributed by atoms with van der Waals surface area (Å²) in [6, 6.07) is 6.47. The van der Waals surface area contributed by atoms with Crippen LogP contribution < -0.4 is 0 Å². The predicted molar refractivity (Wildman–Crippen MR) is 69.9 cm³/mol. The van der Waals surface area contributed by atoms with Gasteiger partial charge in [-0.05, 0) is 37.3 Å². The maximum Gasteiger partial charge on any atom is 0.184 e. The summed E-state index contributed by atoms with van der Waals surface area (Å²) in [5.41, 5.74) is 2.52. The number of rotatable bonds is 1. The van der Waals surface area contributed by atoms with Crippen LogP contribution >= 0.6 is 12.2 Å². The number of H-pyrrole nitrogens is 1. The van der Waals surface area contributed by atoms with Gasteiger partial charge in [0.1, 0.15) is 5.82 Å².